The van der Waals surface area contributed by atoms with E-state index in [2.05, 4.69) is 552 Å². The number of aromatic nitrogens is 2. The molecule has 5 heteroatoms. The van der Waals surface area contributed by atoms with Crippen LogP contribution in [0.1, 0.15) is 52.7 Å². The summed E-state index contributed by atoms with van der Waals surface area (Å²) in [6.07, 6.45) is 0. The average Bonchev–Trinajstić information content (AvgIpc) is 1.66. The van der Waals surface area contributed by atoms with Gasteiger partial charge in [-0.15, -0.1) is 0 Å². The summed E-state index contributed by atoms with van der Waals surface area (Å²) >= 11 is 0. The highest BCUT2D eigenvalue weighted by Crippen LogP contribution is 2.56. The molecule has 139 heavy (non-hydrogen) atoms. The summed E-state index contributed by atoms with van der Waals surface area (Å²) in [5, 5.41) is 4.73. The molecule has 21 aromatic carbocycles. The van der Waals surface area contributed by atoms with Crippen molar-refractivity contribution in [3.05, 3.63) is 503 Å². The van der Waals surface area contributed by atoms with E-state index in [0.717, 1.165) is 134 Å². The van der Waals surface area contributed by atoms with Gasteiger partial charge in [0.1, 0.15) is 0 Å². The van der Waals surface area contributed by atoms with Crippen molar-refractivity contribution in [3.63, 3.8) is 0 Å². The first-order chi connectivity index (χ1) is 68.2. The van der Waals surface area contributed by atoms with E-state index >= 15 is 0 Å². The van der Waals surface area contributed by atoms with Gasteiger partial charge < -0.3 is 18.9 Å². The van der Waals surface area contributed by atoms with Crippen LogP contribution in [0, 0.1) is 0 Å². The Morgan fingerprint density at radius 2 is 0.396 bits per heavy atom. The largest absolute Gasteiger partial charge is 0.310 e. The maximum absolute atomic E-state index is 2.73. The molecule has 2 aliphatic heterocycles. The zero-order valence-electron chi connectivity index (χ0n) is 78.6. The van der Waals surface area contributed by atoms with Crippen LogP contribution in [0.3, 0.4) is 0 Å². The van der Waals surface area contributed by atoms with Gasteiger partial charge in [-0.05, 0) is 283 Å². The highest BCUT2D eigenvalue weighted by Gasteiger charge is 2.46. The maximum Gasteiger partial charge on any atom is 0.252 e. The third-order valence-electron chi connectivity index (χ3n) is 29.0. The first-order valence-corrected chi connectivity index (χ1v) is 48.6. The zero-order chi connectivity index (χ0) is 93.1. The van der Waals surface area contributed by atoms with Gasteiger partial charge in [-0.1, -0.05) is 399 Å². The van der Waals surface area contributed by atoms with Gasteiger partial charge in [-0.25, -0.2) is 0 Å². The molecule has 0 fully saturated rings. The van der Waals surface area contributed by atoms with Crippen LogP contribution in [0.15, 0.2) is 491 Å². The minimum atomic E-state index is -0.345. The van der Waals surface area contributed by atoms with Gasteiger partial charge in [0.25, 0.3) is 6.71 Å². The normalized spacial score (nSPS) is 12.3. The number of fused-ring (bicyclic) bond motifs is 10. The fourth-order valence-corrected chi connectivity index (χ4v) is 22.0. The minimum Gasteiger partial charge on any atom is -0.310 e. The fraction of sp³-hybridized carbons (Fsp3) is 0.0597. The van der Waals surface area contributed by atoms with Crippen molar-refractivity contribution in [2.45, 2.75) is 52.4 Å². The van der Waals surface area contributed by atoms with Crippen LogP contribution < -0.4 is 26.2 Å². The van der Waals surface area contributed by atoms with Crippen LogP contribution in [0.2, 0.25) is 0 Å². The molecule has 23 aromatic rings. The summed E-state index contributed by atoms with van der Waals surface area (Å²) in [4.78, 5) is 5.46. The molecule has 4 nitrogen and oxygen atoms in total. The van der Waals surface area contributed by atoms with Gasteiger partial charge in [-0.3, -0.25) is 0 Å². The lowest BCUT2D eigenvalue weighted by molar-refractivity contribution is 0.590. The first-order valence-electron chi connectivity index (χ1n) is 48.6. The van der Waals surface area contributed by atoms with E-state index < -0.39 is 0 Å². The molecule has 0 saturated carbocycles. The van der Waals surface area contributed by atoms with Crippen molar-refractivity contribution >= 4 is 101 Å². The molecule has 658 valence electrons. The molecule has 0 amide bonds. The van der Waals surface area contributed by atoms with E-state index in [1.165, 1.54) is 116 Å². The van der Waals surface area contributed by atoms with Gasteiger partial charge in [0.15, 0.2) is 0 Å². The molecule has 0 bridgehead atoms. The molecule has 0 unspecified atom stereocenters. The highest BCUT2D eigenvalue weighted by atomic mass is 15.2. The van der Waals surface area contributed by atoms with Gasteiger partial charge in [-0.2, -0.15) is 0 Å². The Bertz CT molecular complexity index is 8030. The summed E-state index contributed by atoms with van der Waals surface area (Å²) in [6.45, 7) is 13.9. The van der Waals surface area contributed by atoms with Gasteiger partial charge >= 0.3 is 0 Å². The van der Waals surface area contributed by atoms with E-state index in [1.54, 1.807) is 0 Å². The molecule has 0 N–H and O–H groups in total. The number of rotatable bonds is 16. The Kier molecular flexibility index (Phi) is 20.5. The van der Waals surface area contributed by atoms with Crippen LogP contribution in [-0.2, 0) is 10.8 Å². The van der Waals surface area contributed by atoms with Crippen LogP contribution >= 0.6 is 0 Å². The Morgan fingerprint density at radius 1 is 0.173 bits per heavy atom. The highest BCUT2D eigenvalue weighted by molar-refractivity contribution is 7.00. The molecule has 4 heterocycles. The Morgan fingerprint density at radius 3 is 0.669 bits per heavy atom. The van der Waals surface area contributed by atoms with Gasteiger partial charge in [0, 0.05) is 77.9 Å². The predicted molar refractivity (Wildman–Crippen MR) is 592 cm³/mol. The molecule has 2 aromatic heterocycles. The third kappa shape index (κ3) is 14.9. The number of benzene rings is 21. The molecule has 0 aliphatic carbocycles. The van der Waals surface area contributed by atoms with Crippen molar-refractivity contribution in [2.75, 3.05) is 9.80 Å². The summed E-state index contributed by atoms with van der Waals surface area (Å²) in [7, 11) is 0. The summed E-state index contributed by atoms with van der Waals surface area (Å²) in [5.41, 5.74) is 46.1. The molecule has 0 radical (unpaired) electrons. The standard InChI is InChI=1S/C134H99BN4/c1-133(2,3)108-82-112(94-48-27-13-28-49-94)131(114(84-108)106-58-33-56-100(76-106)98-54-31-52-96(74-98)88-36-15-7-16-37-88)138-126-60-35-61-127-130(126)135(120-68-66-110(86-128(120)138)136-122-70-62-102(90-40-19-9-20-41-90)78-116(122)117-79-103(63-71-123(117)136)91-42-21-10-22-43-91)121-69-67-111(137-124-72-64-104(92-44-23-11-24-45-92)80-118(124)119-81-105(65-73-125(119)137)93-46-25-12-26-47-93)87-129(121)139(127)132-113(95-50-29-14-30-51-95)83-109(134(4,5)6)85-115(132)107-59-34-57-101(77-107)99-55-32-53-97(75-99)89-38-17-8-18-39-89/h7-87H,1-6H3. The third-order valence-corrected chi connectivity index (χ3v) is 29.0. The lowest BCUT2D eigenvalue weighted by Crippen LogP contribution is -2.61. The number of nitrogens with zero attached hydrogens (tertiary/aromatic N) is 4. The van der Waals surface area contributed by atoms with Crippen molar-refractivity contribution < 1.29 is 0 Å². The molecular weight excluding hydrogens is 1680 g/mol. The molecule has 0 atom stereocenters. The van der Waals surface area contributed by atoms with Crippen molar-refractivity contribution in [1.82, 2.24) is 9.13 Å². The Labute approximate surface area is 813 Å². The number of hydrogen-bond donors (Lipinski definition) is 0. The van der Waals surface area contributed by atoms with Crippen LogP contribution in [0.4, 0.5) is 34.1 Å². The van der Waals surface area contributed by atoms with Crippen molar-refractivity contribution in [2.24, 2.45) is 0 Å². The smallest absolute Gasteiger partial charge is 0.252 e. The lowest BCUT2D eigenvalue weighted by Gasteiger charge is -2.46. The quantitative estimate of drug-likeness (QED) is 0.0897. The molecule has 25 rings (SSSR count). The van der Waals surface area contributed by atoms with Crippen LogP contribution in [-0.4, -0.2) is 15.8 Å². The van der Waals surface area contributed by atoms with E-state index in [9.17, 15) is 0 Å². The average molecular weight is 1780 g/mol. The summed E-state index contributed by atoms with van der Waals surface area (Å²) < 4.78 is 5.10. The molecular formula is C134H99BN4. The van der Waals surface area contributed by atoms with E-state index in [0.29, 0.717) is 0 Å². The molecule has 0 spiro atoms. The topological polar surface area (TPSA) is 16.3 Å². The van der Waals surface area contributed by atoms with E-state index in [-0.39, 0.29) is 17.5 Å². The van der Waals surface area contributed by atoms with E-state index in [1.807, 2.05) is 0 Å². The summed E-state index contributed by atoms with van der Waals surface area (Å²) in [5.74, 6) is 0. The summed E-state index contributed by atoms with van der Waals surface area (Å²) in [6, 6.07) is 186. The van der Waals surface area contributed by atoms with Crippen molar-refractivity contribution in [1.29, 1.82) is 0 Å². The van der Waals surface area contributed by atoms with Gasteiger partial charge in [0.05, 0.1) is 33.4 Å². The van der Waals surface area contributed by atoms with E-state index in [4.69, 9.17) is 0 Å². The molecule has 2 aliphatic rings. The van der Waals surface area contributed by atoms with Crippen molar-refractivity contribution in [3.8, 4) is 145 Å². The van der Waals surface area contributed by atoms with Gasteiger partial charge in [0.2, 0.25) is 0 Å². The monoisotopic (exact) mass is 1770 g/mol. The lowest BCUT2D eigenvalue weighted by atomic mass is 9.33. The Hall–Kier alpha value is -17.1. The second-order valence-corrected chi connectivity index (χ2v) is 39.5. The number of anilines is 6. The SMILES string of the molecule is CC(C)(C)c1cc(-c2ccccc2)c(N2c3cc(-n4c5ccc(-c6ccccc6)cc5c5cc(-c6ccccc6)ccc54)ccc3B3c4ccc(-n5c6ccc(-c7ccccc7)cc6c6cc(-c7ccccc7)ccc65)cc4N(c4c(-c5ccccc5)cc(C(C)(C)C)cc4-c4cccc(-c5cccc(-c6ccccc6)c5)c4)c4cccc2c43)c(-c2cccc(-c3cccc(-c4ccccc4)c3)c2)c1. The van der Waals surface area contributed by atoms with Crippen LogP contribution in [0.5, 0.6) is 0 Å². The predicted octanol–water partition coefficient (Wildman–Crippen LogP) is 34.6. The Balaban J connectivity index is 0.807. The fourth-order valence-electron chi connectivity index (χ4n) is 22.0. The molecule has 0 saturated heterocycles. The number of hydrogen-bond acceptors (Lipinski definition) is 2. The minimum absolute atomic E-state index is 0.291. The maximum atomic E-state index is 2.73. The second kappa shape index (κ2) is 34.1. The van der Waals surface area contributed by atoms with Crippen LogP contribution in [0.25, 0.3) is 189 Å². The second-order valence-electron chi connectivity index (χ2n) is 39.5. The first kappa shape index (κ1) is 83.7. The zero-order valence-corrected chi connectivity index (χ0v) is 78.6.